The summed E-state index contributed by atoms with van der Waals surface area (Å²) in [5, 5.41) is 7.49. The van der Waals surface area contributed by atoms with E-state index in [4.69, 9.17) is 0 Å². The van der Waals surface area contributed by atoms with Gasteiger partial charge in [-0.3, -0.25) is 0 Å². The third kappa shape index (κ3) is 2.33. The first kappa shape index (κ1) is 10.1. The molecule has 0 aliphatic rings. The van der Waals surface area contributed by atoms with E-state index in [1.54, 1.807) is 10.7 Å². The molecule has 4 heteroatoms. The van der Waals surface area contributed by atoms with Gasteiger partial charge in [-0.1, -0.05) is 6.92 Å². The molecule has 2 aromatic rings. The Kier molecular flexibility index (Phi) is 2.97. The lowest BCUT2D eigenvalue weighted by Gasteiger charge is -2.11. The van der Waals surface area contributed by atoms with Gasteiger partial charge in [0.1, 0.15) is 0 Å². The van der Waals surface area contributed by atoms with Crippen LogP contribution in [-0.4, -0.2) is 27.2 Å². The summed E-state index contributed by atoms with van der Waals surface area (Å²) in [6.45, 7) is 5.28. The van der Waals surface area contributed by atoms with Crippen molar-refractivity contribution >= 4 is 5.65 Å². The Balaban J connectivity index is 2.14. The molecule has 0 saturated carbocycles. The van der Waals surface area contributed by atoms with Crippen LogP contribution in [0.25, 0.3) is 5.65 Å². The zero-order chi connectivity index (χ0) is 10.7. The van der Waals surface area contributed by atoms with Crippen molar-refractivity contribution in [1.82, 2.24) is 19.9 Å². The van der Waals surface area contributed by atoms with Crippen LogP contribution < -0.4 is 5.32 Å². The topological polar surface area (TPSA) is 42.2 Å². The molecule has 0 radical (unpaired) electrons. The van der Waals surface area contributed by atoms with Gasteiger partial charge < -0.3 is 5.32 Å². The zero-order valence-electron chi connectivity index (χ0n) is 9.14. The summed E-state index contributed by atoms with van der Waals surface area (Å²) in [4.78, 5) is 4.52. The van der Waals surface area contributed by atoms with Crippen LogP contribution in [0.15, 0.2) is 24.5 Å². The van der Waals surface area contributed by atoms with Gasteiger partial charge in [-0.05, 0) is 19.5 Å². The van der Waals surface area contributed by atoms with Crippen LogP contribution in [0.5, 0.6) is 0 Å². The zero-order valence-corrected chi connectivity index (χ0v) is 9.14. The van der Waals surface area contributed by atoms with Crippen molar-refractivity contribution < 1.29 is 0 Å². The van der Waals surface area contributed by atoms with E-state index in [1.807, 2.05) is 18.3 Å². The lowest BCUT2D eigenvalue weighted by atomic mass is 10.2. The molecule has 0 fully saturated rings. The summed E-state index contributed by atoms with van der Waals surface area (Å²) < 4.78 is 1.78. The fourth-order valence-corrected chi connectivity index (χ4v) is 1.70. The van der Waals surface area contributed by atoms with Crippen LogP contribution in [0, 0.1) is 0 Å². The van der Waals surface area contributed by atoms with E-state index in [0.717, 1.165) is 24.3 Å². The molecular formula is C11H16N4. The van der Waals surface area contributed by atoms with E-state index >= 15 is 0 Å². The molecule has 0 saturated heterocycles. The number of fused-ring (bicyclic) bond motifs is 1. The van der Waals surface area contributed by atoms with Gasteiger partial charge in [0.05, 0.1) is 6.20 Å². The predicted octanol–water partition coefficient (Wildman–Crippen LogP) is 1.27. The first-order valence-electron chi connectivity index (χ1n) is 5.32. The van der Waals surface area contributed by atoms with Gasteiger partial charge in [0.15, 0.2) is 5.65 Å². The third-order valence-corrected chi connectivity index (χ3v) is 2.38. The van der Waals surface area contributed by atoms with E-state index < -0.39 is 0 Å². The molecule has 0 spiro atoms. The van der Waals surface area contributed by atoms with Crippen LogP contribution in [0.2, 0.25) is 0 Å². The summed E-state index contributed by atoms with van der Waals surface area (Å²) in [7, 11) is 0. The summed E-state index contributed by atoms with van der Waals surface area (Å²) >= 11 is 0. The highest BCUT2D eigenvalue weighted by molar-refractivity contribution is 5.36. The number of aromatic nitrogens is 3. The molecule has 0 aromatic carbocycles. The normalized spacial score (nSPS) is 13.2. The second kappa shape index (κ2) is 4.40. The second-order valence-electron chi connectivity index (χ2n) is 3.72. The monoisotopic (exact) mass is 204 g/mol. The molecule has 2 heterocycles. The second-order valence-corrected chi connectivity index (χ2v) is 3.72. The number of likely N-dealkylation sites (N-methyl/N-ethyl adjacent to an activating group) is 1. The Labute approximate surface area is 89.3 Å². The Hall–Kier alpha value is -1.42. The Bertz CT molecular complexity index is 435. The van der Waals surface area contributed by atoms with E-state index in [-0.39, 0.29) is 0 Å². The molecule has 2 aromatic heterocycles. The van der Waals surface area contributed by atoms with Crippen molar-refractivity contribution in [3.63, 3.8) is 0 Å². The minimum absolute atomic E-state index is 0.466. The highest BCUT2D eigenvalue weighted by Crippen LogP contribution is 2.03. The number of nitrogens with zero attached hydrogens (tertiary/aromatic N) is 3. The van der Waals surface area contributed by atoms with E-state index in [9.17, 15) is 0 Å². The minimum Gasteiger partial charge on any atom is -0.314 e. The number of nitrogens with one attached hydrogen (secondary N) is 1. The first-order chi connectivity index (χ1) is 7.29. The van der Waals surface area contributed by atoms with Crippen LogP contribution in [0.3, 0.4) is 0 Å². The van der Waals surface area contributed by atoms with Crippen molar-refractivity contribution in [3.05, 3.63) is 30.2 Å². The van der Waals surface area contributed by atoms with Gasteiger partial charge in [0.2, 0.25) is 0 Å². The van der Waals surface area contributed by atoms with Crippen LogP contribution in [-0.2, 0) is 6.42 Å². The summed E-state index contributed by atoms with van der Waals surface area (Å²) in [5.74, 6) is 0. The molecule has 0 bridgehead atoms. The van der Waals surface area contributed by atoms with Crippen LogP contribution in [0.1, 0.15) is 19.5 Å². The van der Waals surface area contributed by atoms with Crippen molar-refractivity contribution in [3.8, 4) is 0 Å². The fraction of sp³-hybridized carbons (Fsp3) is 0.455. The van der Waals surface area contributed by atoms with E-state index in [1.165, 1.54) is 0 Å². The van der Waals surface area contributed by atoms with Crippen molar-refractivity contribution in [2.45, 2.75) is 26.3 Å². The molecule has 2 rings (SSSR count). The molecule has 1 atom stereocenters. The van der Waals surface area contributed by atoms with Gasteiger partial charge in [-0.15, -0.1) is 0 Å². The van der Waals surface area contributed by atoms with Gasteiger partial charge in [-0.2, -0.15) is 5.10 Å². The van der Waals surface area contributed by atoms with Crippen LogP contribution >= 0.6 is 0 Å². The molecule has 80 valence electrons. The van der Waals surface area contributed by atoms with E-state index in [2.05, 4.69) is 29.2 Å². The van der Waals surface area contributed by atoms with Gasteiger partial charge >= 0.3 is 0 Å². The number of hydrogen-bond acceptors (Lipinski definition) is 3. The predicted molar refractivity (Wildman–Crippen MR) is 59.8 cm³/mol. The molecule has 4 nitrogen and oxygen atoms in total. The lowest BCUT2D eigenvalue weighted by molar-refractivity contribution is 0.559. The van der Waals surface area contributed by atoms with Crippen molar-refractivity contribution in [2.75, 3.05) is 6.54 Å². The number of rotatable bonds is 4. The van der Waals surface area contributed by atoms with Gasteiger partial charge in [-0.25, -0.2) is 9.50 Å². The Morgan fingerprint density at radius 1 is 1.47 bits per heavy atom. The summed E-state index contributed by atoms with van der Waals surface area (Å²) in [5.41, 5.74) is 2.02. The highest BCUT2D eigenvalue weighted by Gasteiger charge is 2.04. The SMILES string of the molecule is CCNC(C)Cc1ccn2nccc2n1. The Morgan fingerprint density at radius 3 is 3.13 bits per heavy atom. The molecular weight excluding hydrogens is 188 g/mol. The molecule has 0 amide bonds. The Morgan fingerprint density at radius 2 is 2.33 bits per heavy atom. The summed E-state index contributed by atoms with van der Waals surface area (Å²) in [6, 6.07) is 4.41. The van der Waals surface area contributed by atoms with E-state index in [0.29, 0.717) is 6.04 Å². The fourth-order valence-electron chi connectivity index (χ4n) is 1.70. The number of hydrogen-bond donors (Lipinski definition) is 1. The molecule has 1 N–H and O–H groups in total. The maximum absolute atomic E-state index is 4.52. The molecule has 0 aliphatic carbocycles. The molecule has 1 unspecified atom stereocenters. The summed E-state index contributed by atoms with van der Waals surface area (Å²) in [6.07, 6.45) is 4.67. The standard InChI is InChI=1S/C11H16N4/c1-3-12-9(2)8-10-5-7-15-11(14-10)4-6-13-15/h4-7,9,12H,3,8H2,1-2H3. The van der Waals surface area contributed by atoms with Gasteiger partial charge in [0, 0.05) is 30.4 Å². The van der Waals surface area contributed by atoms with Crippen molar-refractivity contribution in [2.24, 2.45) is 0 Å². The minimum atomic E-state index is 0.466. The van der Waals surface area contributed by atoms with Crippen molar-refractivity contribution in [1.29, 1.82) is 0 Å². The third-order valence-electron chi connectivity index (χ3n) is 2.38. The maximum atomic E-state index is 4.52. The lowest BCUT2D eigenvalue weighted by Crippen LogP contribution is -2.27. The molecule has 0 aliphatic heterocycles. The smallest absolute Gasteiger partial charge is 0.155 e. The largest absolute Gasteiger partial charge is 0.314 e. The molecule has 15 heavy (non-hydrogen) atoms. The van der Waals surface area contributed by atoms with Gasteiger partial charge in [0.25, 0.3) is 0 Å². The van der Waals surface area contributed by atoms with Crippen LogP contribution in [0.4, 0.5) is 0 Å². The highest BCUT2D eigenvalue weighted by atomic mass is 15.2. The average molecular weight is 204 g/mol. The average Bonchev–Trinajstić information content (AvgIpc) is 2.65. The maximum Gasteiger partial charge on any atom is 0.155 e. The quantitative estimate of drug-likeness (QED) is 0.815. The first-order valence-corrected chi connectivity index (χ1v) is 5.32.